The van der Waals surface area contributed by atoms with Crippen LogP contribution >= 0.6 is 12.4 Å². The predicted molar refractivity (Wildman–Crippen MR) is 82.0 cm³/mol. The number of rotatable bonds is 3. The van der Waals surface area contributed by atoms with Crippen LogP contribution in [-0.4, -0.2) is 29.0 Å². The van der Waals surface area contributed by atoms with E-state index in [1.54, 1.807) is 12.1 Å². The van der Waals surface area contributed by atoms with Crippen molar-refractivity contribution in [1.82, 2.24) is 4.90 Å². The number of para-hydroxylation sites is 1. The number of piperidine rings is 1. The molecule has 0 amide bonds. The van der Waals surface area contributed by atoms with Crippen LogP contribution in [0.15, 0.2) is 24.3 Å². The summed E-state index contributed by atoms with van der Waals surface area (Å²) in [6.45, 7) is 6.70. The summed E-state index contributed by atoms with van der Waals surface area (Å²) in [4.78, 5) is 13.0. The number of nitro groups is 1. The Bertz CT molecular complexity index is 479. The molecule has 0 aromatic heterocycles. The second-order valence-corrected chi connectivity index (χ2v) is 5.98. The molecule has 1 saturated heterocycles. The van der Waals surface area contributed by atoms with Gasteiger partial charge in [-0.25, -0.2) is 0 Å². The van der Waals surface area contributed by atoms with E-state index in [-0.39, 0.29) is 34.5 Å². The van der Waals surface area contributed by atoms with Gasteiger partial charge in [-0.05, 0) is 11.8 Å². The number of halogens is 1. The fraction of sp³-hybridized carbons (Fsp3) is 0.571. The zero-order valence-corrected chi connectivity index (χ0v) is 12.7. The molecular weight excluding hydrogens is 278 g/mol. The van der Waals surface area contributed by atoms with Gasteiger partial charge in [0, 0.05) is 37.3 Å². The number of benzene rings is 1. The molecule has 1 aliphatic heterocycles. The molecule has 1 aliphatic rings. The molecule has 1 fully saturated rings. The lowest BCUT2D eigenvalue weighted by Crippen LogP contribution is -2.52. The van der Waals surface area contributed by atoms with Crippen LogP contribution in [0, 0.1) is 15.5 Å². The summed E-state index contributed by atoms with van der Waals surface area (Å²) in [5.74, 6) is 0. The molecule has 0 saturated carbocycles. The van der Waals surface area contributed by atoms with E-state index in [1.807, 2.05) is 12.1 Å². The molecule has 1 heterocycles. The largest absolute Gasteiger partial charge is 0.327 e. The van der Waals surface area contributed by atoms with Gasteiger partial charge in [-0.2, -0.15) is 0 Å². The highest BCUT2D eigenvalue weighted by atomic mass is 35.5. The summed E-state index contributed by atoms with van der Waals surface area (Å²) < 4.78 is 0. The van der Waals surface area contributed by atoms with Gasteiger partial charge in [0.25, 0.3) is 5.69 Å². The van der Waals surface area contributed by atoms with Crippen LogP contribution in [0.5, 0.6) is 0 Å². The molecule has 112 valence electrons. The average molecular weight is 300 g/mol. The van der Waals surface area contributed by atoms with Crippen LogP contribution in [0.1, 0.15) is 25.8 Å². The number of hydrogen-bond donors (Lipinski definition) is 1. The zero-order chi connectivity index (χ0) is 14.0. The summed E-state index contributed by atoms with van der Waals surface area (Å²) in [7, 11) is 0. The zero-order valence-electron chi connectivity index (χ0n) is 11.9. The van der Waals surface area contributed by atoms with E-state index in [1.165, 1.54) is 0 Å². The van der Waals surface area contributed by atoms with Gasteiger partial charge in [-0.1, -0.05) is 32.0 Å². The second kappa shape index (κ2) is 6.52. The van der Waals surface area contributed by atoms with E-state index in [2.05, 4.69) is 18.7 Å². The molecule has 5 nitrogen and oxygen atoms in total. The average Bonchev–Trinajstić information content (AvgIpc) is 2.34. The smallest absolute Gasteiger partial charge is 0.273 e. The molecule has 6 heteroatoms. The highest BCUT2D eigenvalue weighted by Crippen LogP contribution is 2.29. The Morgan fingerprint density at radius 3 is 2.70 bits per heavy atom. The normalized spacial score (nSPS) is 22.1. The van der Waals surface area contributed by atoms with Gasteiger partial charge in [0.2, 0.25) is 0 Å². The molecule has 1 aromatic rings. The minimum absolute atomic E-state index is 0. The maximum Gasteiger partial charge on any atom is 0.273 e. The summed E-state index contributed by atoms with van der Waals surface area (Å²) >= 11 is 0. The molecule has 0 aliphatic carbocycles. The number of nitro benzene ring substituents is 1. The number of likely N-dealkylation sites (tertiary alicyclic amines) is 1. The van der Waals surface area contributed by atoms with Crippen molar-refractivity contribution in [3.63, 3.8) is 0 Å². The van der Waals surface area contributed by atoms with Crippen molar-refractivity contribution in [3.05, 3.63) is 39.9 Å². The van der Waals surface area contributed by atoms with Gasteiger partial charge in [0.05, 0.1) is 4.92 Å². The Morgan fingerprint density at radius 1 is 1.45 bits per heavy atom. The molecule has 0 radical (unpaired) electrons. The Morgan fingerprint density at radius 2 is 2.10 bits per heavy atom. The predicted octanol–water partition coefficient (Wildman–Crippen LogP) is 2.58. The summed E-state index contributed by atoms with van der Waals surface area (Å²) in [6.07, 6.45) is 0.938. The van der Waals surface area contributed by atoms with E-state index < -0.39 is 0 Å². The van der Waals surface area contributed by atoms with Crippen LogP contribution in [0.3, 0.4) is 0 Å². The lowest BCUT2D eigenvalue weighted by molar-refractivity contribution is -0.385. The van der Waals surface area contributed by atoms with Gasteiger partial charge in [0.15, 0.2) is 0 Å². The summed E-state index contributed by atoms with van der Waals surface area (Å²) in [5.41, 5.74) is 7.15. The van der Waals surface area contributed by atoms with E-state index in [4.69, 9.17) is 5.73 Å². The molecule has 2 N–H and O–H groups in total. The van der Waals surface area contributed by atoms with E-state index in [0.29, 0.717) is 6.54 Å². The number of hydrogen-bond acceptors (Lipinski definition) is 4. The highest BCUT2D eigenvalue weighted by molar-refractivity contribution is 5.85. The molecule has 1 aromatic carbocycles. The molecule has 0 spiro atoms. The van der Waals surface area contributed by atoms with E-state index >= 15 is 0 Å². The third-order valence-electron chi connectivity index (χ3n) is 3.97. The minimum Gasteiger partial charge on any atom is -0.327 e. The quantitative estimate of drug-likeness (QED) is 0.688. The first-order valence-corrected chi connectivity index (χ1v) is 6.60. The SMILES string of the molecule is CC1(C)CN(Cc2ccccc2[N+](=O)[O-])CCC1N.Cl. The third kappa shape index (κ3) is 3.69. The molecular formula is C14H22ClN3O2. The number of nitrogens with two attached hydrogens (primary N) is 1. The molecule has 20 heavy (non-hydrogen) atoms. The standard InChI is InChI=1S/C14H21N3O2.ClH/c1-14(2)10-16(8-7-13(14)15)9-11-5-3-4-6-12(11)17(18)19;/h3-6,13H,7-10,15H2,1-2H3;1H. The van der Waals surface area contributed by atoms with Crippen molar-refractivity contribution in [2.75, 3.05) is 13.1 Å². The monoisotopic (exact) mass is 299 g/mol. The van der Waals surface area contributed by atoms with Crippen LogP contribution < -0.4 is 5.73 Å². The van der Waals surface area contributed by atoms with Crippen molar-refractivity contribution in [1.29, 1.82) is 0 Å². The summed E-state index contributed by atoms with van der Waals surface area (Å²) in [6, 6.07) is 7.16. The fourth-order valence-corrected chi connectivity index (χ4v) is 2.68. The van der Waals surface area contributed by atoms with Gasteiger partial charge in [-0.15, -0.1) is 12.4 Å². The summed E-state index contributed by atoms with van der Waals surface area (Å²) in [5, 5.41) is 11.0. The lowest BCUT2D eigenvalue weighted by atomic mass is 9.79. The molecule has 1 unspecified atom stereocenters. The fourth-order valence-electron chi connectivity index (χ4n) is 2.68. The van der Waals surface area contributed by atoms with Crippen molar-refractivity contribution >= 4 is 18.1 Å². The maximum absolute atomic E-state index is 11.0. The Hall–Kier alpha value is -1.17. The Labute approximate surface area is 125 Å². The Balaban J connectivity index is 0.00000200. The number of nitrogens with zero attached hydrogens (tertiary/aromatic N) is 2. The van der Waals surface area contributed by atoms with Gasteiger partial charge >= 0.3 is 0 Å². The molecule has 2 rings (SSSR count). The van der Waals surface area contributed by atoms with Crippen LogP contribution in [-0.2, 0) is 6.54 Å². The third-order valence-corrected chi connectivity index (χ3v) is 3.97. The van der Waals surface area contributed by atoms with Crippen molar-refractivity contribution in [2.24, 2.45) is 11.1 Å². The first kappa shape index (κ1) is 16.9. The van der Waals surface area contributed by atoms with Crippen LogP contribution in [0.2, 0.25) is 0 Å². The van der Waals surface area contributed by atoms with Crippen LogP contribution in [0.4, 0.5) is 5.69 Å². The van der Waals surface area contributed by atoms with Crippen molar-refractivity contribution < 1.29 is 4.92 Å². The highest BCUT2D eigenvalue weighted by Gasteiger charge is 2.33. The topological polar surface area (TPSA) is 72.4 Å². The van der Waals surface area contributed by atoms with Gasteiger partial charge in [-0.3, -0.25) is 15.0 Å². The first-order valence-electron chi connectivity index (χ1n) is 6.60. The minimum atomic E-state index is -0.309. The van der Waals surface area contributed by atoms with E-state index in [0.717, 1.165) is 25.1 Å². The second-order valence-electron chi connectivity index (χ2n) is 5.98. The van der Waals surface area contributed by atoms with E-state index in [9.17, 15) is 10.1 Å². The van der Waals surface area contributed by atoms with Gasteiger partial charge in [0.1, 0.15) is 0 Å². The molecule has 0 bridgehead atoms. The molecule has 1 atom stereocenters. The first-order chi connectivity index (χ1) is 8.90. The lowest BCUT2D eigenvalue weighted by Gasteiger charge is -2.42. The van der Waals surface area contributed by atoms with Crippen LogP contribution in [0.25, 0.3) is 0 Å². The Kier molecular flexibility index (Phi) is 5.50. The van der Waals surface area contributed by atoms with Gasteiger partial charge < -0.3 is 5.73 Å². The van der Waals surface area contributed by atoms with Crippen molar-refractivity contribution in [2.45, 2.75) is 32.9 Å². The van der Waals surface area contributed by atoms with Crippen molar-refractivity contribution in [3.8, 4) is 0 Å². The maximum atomic E-state index is 11.0.